The molecular formula is C17H15ClF2N2O4S. The van der Waals surface area contributed by atoms with Gasteiger partial charge in [-0.1, -0.05) is 11.6 Å². The second-order valence-electron chi connectivity index (χ2n) is 6.09. The zero-order valence-electron chi connectivity index (χ0n) is 14.1. The van der Waals surface area contributed by atoms with Crippen LogP contribution in [0.3, 0.4) is 0 Å². The van der Waals surface area contributed by atoms with Crippen LogP contribution in [0.2, 0.25) is 5.02 Å². The minimum atomic E-state index is -3.83. The Morgan fingerprint density at radius 3 is 2.44 bits per heavy atom. The predicted molar refractivity (Wildman–Crippen MR) is 96.7 cm³/mol. The molecule has 0 unspecified atom stereocenters. The minimum absolute atomic E-state index is 0.0183. The van der Waals surface area contributed by atoms with Crippen LogP contribution in [0.25, 0.3) is 0 Å². The number of benzene rings is 2. The van der Waals surface area contributed by atoms with Gasteiger partial charge >= 0.3 is 0 Å². The third-order valence-electron chi connectivity index (χ3n) is 3.88. The first kappa shape index (κ1) is 19.4. The lowest BCUT2D eigenvalue weighted by atomic mass is 10.1. The molecule has 1 aliphatic rings. The molecule has 6 nitrogen and oxygen atoms in total. The molecular weight excluding hydrogens is 402 g/mol. The number of nitrogens with zero attached hydrogens (tertiary/aromatic N) is 1. The molecule has 0 aromatic heterocycles. The van der Waals surface area contributed by atoms with E-state index in [9.17, 15) is 22.0 Å². The van der Waals surface area contributed by atoms with Crippen molar-refractivity contribution in [3.8, 4) is 5.75 Å². The number of carbonyl (C=O) groups excluding carboxylic acids is 1. The van der Waals surface area contributed by atoms with Gasteiger partial charge < -0.3 is 9.64 Å². The summed E-state index contributed by atoms with van der Waals surface area (Å²) in [5, 5.41) is -0.0183. The van der Waals surface area contributed by atoms with Crippen molar-refractivity contribution < 1.29 is 26.7 Å². The number of ether oxygens (including phenoxy) is 1. The molecule has 1 N–H and O–H groups in total. The van der Waals surface area contributed by atoms with Crippen LogP contribution in [0.5, 0.6) is 5.75 Å². The van der Waals surface area contributed by atoms with E-state index in [1.165, 1.54) is 12.1 Å². The van der Waals surface area contributed by atoms with E-state index < -0.39 is 27.3 Å². The van der Waals surface area contributed by atoms with Crippen LogP contribution in [0, 0.1) is 11.6 Å². The monoisotopic (exact) mass is 416 g/mol. The van der Waals surface area contributed by atoms with E-state index in [4.69, 9.17) is 16.3 Å². The van der Waals surface area contributed by atoms with Crippen molar-refractivity contribution in [2.75, 3.05) is 24.2 Å². The largest absolute Gasteiger partial charge is 0.485 e. The molecule has 1 saturated heterocycles. The molecule has 1 aliphatic heterocycles. The number of anilines is 1. The molecule has 1 fully saturated rings. The zero-order chi connectivity index (χ0) is 19.8. The number of hydrogen-bond acceptors (Lipinski definition) is 5. The van der Waals surface area contributed by atoms with E-state index in [2.05, 4.69) is 0 Å². The molecule has 2 aromatic carbocycles. The van der Waals surface area contributed by atoms with Crippen LogP contribution in [0.1, 0.15) is 10.4 Å². The van der Waals surface area contributed by atoms with Crippen LogP contribution in [-0.4, -0.2) is 39.8 Å². The lowest BCUT2D eigenvalue weighted by Crippen LogP contribution is -2.54. The highest BCUT2D eigenvalue weighted by Gasteiger charge is 2.30. The van der Waals surface area contributed by atoms with Gasteiger partial charge in [0.1, 0.15) is 23.5 Å². The maximum atomic E-state index is 14.2. The molecule has 0 spiro atoms. The Hall–Kier alpha value is -2.39. The normalized spacial score (nSPS) is 14.6. The number of nitrogens with one attached hydrogen (secondary N) is 1. The van der Waals surface area contributed by atoms with Gasteiger partial charge in [0, 0.05) is 11.8 Å². The first-order chi connectivity index (χ1) is 12.6. The van der Waals surface area contributed by atoms with Crippen LogP contribution in [0.15, 0.2) is 36.4 Å². The second kappa shape index (κ2) is 7.32. The molecule has 0 saturated carbocycles. The first-order valence-corrected chi connectivity index (χ1v) is 10.1. The Kier molecular flexibility index (Phi) is 5.25. The number of amides is 1. The summed E-state index contributed by atoms with van der Waals surface area (Å²) in [6, 6.07) is 7.97. The van der Waals surface area contributed by atoms with Crippen molar-refractivity contribution in [3.63, 3.8) is 0 Å². The number of rotatable bonds is 5. The van der Waals surface area contributed by atoms with E-state index >= 15 is 0 Å². The smallest absolute Gasteiger partial charge is 0.267 e. The molecule has 2 aromatic rings. The van der Waals surface area contributed by atoms with Crippen molar-refractivity contribution in [2.45, 2.75) is 6.10 Å². The predicted octanol–water partition coefficient (Wildman–Crippen LogP) is 2.58. The summed E-state index contributed by atoms with van der Waals surface area (Å²) in [6.07, 6.45) is 0.522. The van der Waals surface area contributed by atoms with Gasteiger partial charge in [0.15, 0.2) is 0 Å². The Balaban J connectivity index is 1.66. The molecule has 27 heavy (non-hydrogen) atoms. The van der Waals surface area contributed by atoms with Crippen LogP contribution in [0.4, 0.5) is 14.5 Å². The van der Waals surface area contributed by atoms with E-state index in [1.807, 2.05) is 4.90 Å². The van der Waals surface area contributed by atoms with Crippen molar-refractivity contribution in [2.24, 2.45) is 0 Å². The van der Waals surface area contributed by atoms with Gasteiger partial charge in [0.05, 0.1) is 29.9 Å². The Morgan fingerprint density at radius 2 is 1.85 bits per heavy atom. The molecule has 0 atom stereocenters. The standard InChI is InChI=1S/C17H15ClF2N2O4S/c1-27(24,25)21-17(23)13-6-14(18)16(7-15(13)20)26-12-8-22(9-12)11-4-2-10(19)3-5-11/h2-7,12H,8-9H2,1H3,(H,21,23). The Bertz CT molecular complexity index is 977. The topological polar surface area (TPSA) is 75.7 Å². The highest BCUT2D eigenvalue weighted by Crippen LogP contribution is 2.31. The third-order valence-corrected chi connectivity index (χ3v) is 4.73. The molecule has 10 heteroatoms. The number of sulfonamides is 1. The molecule has 3 rings (SSSR count). The quantitative estimate of drug-likeness (QED) is 0.810. The summed E-state index contributed by atoms with van der Waals surface area (Å²) in [4.78, 5) is 13.7. The molecule has 1 amide bonds. The summed E-state index contributed by atoms with van der Waals surface area (Å²) in [5.41, 5.74) is 0.334. The van der Waals surface area contributed by atoms with Crippen molar-refractivity contribution >= 4 is 33.2 Å². The summed E-state index contributed by atoms with van der Waals surface area (Å²) in [7, 11) is -3.83. The fraction of sp³-hybridized carbons (Fsp3) is 0.235. The van der Waals surface area contributed by atoms with Crippen LogP contribution in [-0.2, 0) is 10.0 Å². The van der Waals surface area contributed by atoms with Gasteiger partial charge in [-0.3, -0.25) is 4.79 Å². The van der Waals surface area contributed by atoms with Gasteiger partial charge in [-0.15, -0.1) is 0 Å². The summed E-state index contributed by atoms with van der Waals surface area (Å²) < 4.78 is 56.6. The van der Waals surface area contributed by atoms with Gasteiger partial charge in [-0.25, -0.2) is 21.9 Å². The lowest BCUT2D eigenvalue weighted by molar-refractivity contribution is 0.0977. The van der Waals surface area contributed by atoms with Crippen molar-refractivity contribution in [3.05, 3.63) is 58.6 Å². The van der Waals surface area contributed by atoms with Crippen molar-refractivity contribution in [1.29, 1.82) is 0 Å². The average molecular weight is 417 g/mol. The molecule has 144 valence electrons. The van der Waals surface area contributed by atoms with Gasteiger partial charge in [-0.2, -0.15) is 0 Å². The van der Waals surface area contributed by atoms with E-state index in [0.29, 0.717) is 13.1 Å². The summed E-state index contributed by atoms with van der Waals surface area (Å²) in [6.45, 7) is 1.000. The maximum Gasteiger partial charge on any atom is 0.267 e. The summed E-state index contributed by atoms with van der Waals surface area (Å²) >= 11 is 6.04. The zero-order valence-corrected chi connectivity index (χ0v) is 15.7. The maximum absolute atomic E-state index is 14.2. The fourth-order valence-electron chi connectivity index (χ4n) is 2.57. The fourth-order valence-corrected chi connectivity index (χ4v) is 3.23. The molecule has 0 bridgehead atoms. The Labute approximate surface area is 159 Å². The number of carbonyl (C=O) groups is 1. The van der Waals surface area contributed by atoms with E-state index in [-0.39, 0.29) is 22.7 Å². The average Bonchev–Trinajstić information content (AvgIpc) is 2.52. The third kappa shape index (κ3) is 4.67. The lowest BCUT2D eigenvalue weighted by Gasteiger charge is -2.40. The summed E-state index contributed by atoms with van der Waals surface area (Å²) in [5.74, 6) is -2.34. The van der Waals surface area contributed by atoms with Gasteiger partial charge in [0.2, 0.25) is 10.0 Å². The second-order valence-corrected chi connectivity index (χ2v) is 8.24. The van der Waals surface area contributed by atoms with Gasteiger partial charge in [0.25, 0.3) is 5.91 Å². The van der Waals surface area contributed by atoms with Crippen LogP contribution < -0.4 is 14.4 Å². The first-order valence-electron chi connectivity index (χ1n) is 7.81. The van der Waals surface area contributed by atoms with E-state index in [0.717, 1.165) is 24.1 Å². The van der Waals surface area contributed by atoms with E-state index in [1.54, 1.807) is 16.9 Å². The highest BCUT2D eigenvalue weighted by atomic mass is 35.5. The van der Waals surface area contributed by atoms with Crippen molar-refractivity contribution in [1.82, 2.24) is 4.72 Å². The number of halogens is 3. The molecule has 0 aliphatic carbocycles. The molecule has 1 heterocycles. The van der Waals surface area contributed by atoms with Crippen LogP contribution >= 0.6 is 11.6 Å². The Morgan fingerprint density at radius 1 is 1.22 bits per heavy atom. The number of hydrogen-bond donors (Lipinski definition) is 1. The minimum Gasteiger partial charge on any atom is -0.485 e. The highest BCUT2D eigenvalue weighted by molar-refractivity contribution is 7.89. The molecule has 0 radical (unpaired) electrons. The van der Waals surface area contributed by atoms with Gasteiger partial charge in [-0.05, 0) is 30.3 Å². The SMILES string of the molecule is CS(=O)(=O)NC(=O)c1cc(Cl)c(OC2CN(c3ccc(F)cc3)C2)cc1F.